The molecule has 0 aromatic heterocycles. The van der Waals surface area contributed by atoms with Gasteiger partial charge in [0, 0.05) is 16.4 Å². The fourth-order valence-corrected chi connectivity index (χ4v) is 13.4. The molecule has 0 amide bonds. The molecule has 308 valence electrons. The summed E-state index contributed by atoms with van der Waals surface area (Å²) in [5.41, 5.74) is 2.31. The zero-order valence-electron chi connectivity index (χ0n) is 35.0. The van der Waals surface area contributed by atoms with Gasteiger partial charge in [0.15, 0.2) is 12.2 Å². The molecule has 10 aromatic rings. The number of benzene rings is 10. The van der Waals surface area contributed by atoms with E-state index in [0.717, 1.165) is 59.6 Å². The highest BCUT2D eigenvalue weighted by molar-refractivity contribution is 7.80. The Hall–Kier alpha value is -7.15. The Bertz CT molecular complexity index is 3070. The highest BCUT2D eigenvalue weighted by Crippen LogP contribution is 2.45. The van der Waals surface area contributed by atoms with Crippen LogP contribution in [0.25, 0.3) is 21.5 Å². The average Bonchev–Trinajstić information content (AvgIpc) is 3.37. The van der Waals surface area contributed by atoms with Gasteiger partial charge >= 0.3 is 5.97 Å². The van der Waals surface area contributed by atoms with Crippen LogP contribution in [0.2, 0.25) is 0 Å². The lowest BCUT2D eigenvalue weighted by Crippen LogP contribution is -2.29. The minimum Gasteiger partial charge on any atom is -0.481 e. The van der Waals surface area contributed by atoms with E-state index in [4.69, 9.17) is 9.47 Å². The first-order valence-electron chi connectivity index (χ1n) is 21.5. The molecule has 10 rings (SSSR count). The molecule has 0 heterocycles. The Morgan fingerprint density at radius 3 is 1.23 bits per heavy atom. The van der Waals surface area contributed by atoms with E-state index in [2.05, 4.69) is 206 Å². The third-order valence-corrected chi connectivity index (χ3v) is 16.5. The quantitative estimate of drug-likeness (QED) is 0.0856. The summed E-state index contributed by atoms with van der Waals surface area (Å²) in [5.74, 6) is 0.323. The van der Waals surface area contributed by atoms with E-state index < -0.39 is 34.0 Å². The molecule has 5 heteroatoms. The van der Waals surface area contributed by atoms with Crippen LogP contribution in [-0.4, -0.2) is 5.97 Å². The van der Waals surface area contributed by atoms with Crippen molar-refractivity contribution in [2.24, 2.45) is 0 Å². The smallest absolute Gasteiger partial charge is 0.339 e. The number of esters is 1. The van der Waals surface area contributed by atoms with Crippen molar-refractivity contribution in [3.8, 4) is 5.75 Å². The summed E-state index contributed by atoms with van der Waals surface area (Å²) in [4.78, 5) is 15.5. The van der Waals surface area contributed by atoms with Crippen LogP contribution in [0.15, 0.2) is 255 Å². The topological polar surface area (TPSA) is 35.5 Å². The number of hydrogen-bond donors (Lipinski definition) is 0. The summed E-state index contributed by atoms with van der Waals surface area (Å²) < 4.78 is 14.8. The Labute approximate surface area is 377 Å². The van der Waals surface area contributed by atoms with Gasteiger partial charge in [0.1, 0.15) is 5.75 Å². The predicted octanol–water partition coefficient (Wildman–Crippen LogP) is 12.2. The fourth-order valence-electron chi connectivity index (χ4n) is 8.63. The second-order valence-corrected chi connectivity index (χ2v) is 19.9. The Balaban J connectivity index is 1.17. The lowest BCUT2D eigenvalue weighted by Gasteiger charge is -2.32. The molecular formula is C59H44O3P2. The van der Waals surface area contributed by atoms with Crippen LogP contribution >= 0.6 is 15.8 Å². The molecule has 64 heavy (non-hydrogen) atoms. The molecule has 0 aliphatic carbocycles. The van der Waals surface area contributed by atoms with E-state index in [9.17, 15) is 0 Å². The first-order valence-corrected chi connectivity index (χ1v) is 24.2. The highest BCUT2D eigenvalue weighted by atomic mass is 31.1. The number of para-hydroxylation sites is 1. The average molecular weight is 863 g/mol. The van der Waals surface area contributed by atoms with Gasteiger partial charge < -0.3 is 9.47 Å². The first kappa shape index (κ1) is 40.9. The van der Waals surface area contributed by atoms with Crippen LogP contribution in [0.5, 0.6) is 5.75 Å². The second-order valence-electron chi connectivity index (χ2n) is 15.5. The van der Waals surface area contributed by atoms with E-state index in [1.165, 1.54) is 10.6 Å². The van der Waals surface area contributed by atoms with Crippen molar-refractivity contribution in [2.45, 2.75) is 12.2 Å². The van der Waals surface area contributed by atoms with E-state index in [1.807, 2.05) is 48.5 Å². The van der Waals surface area contributed by atoms with Crippen molar-refractivity contribution in [1.82, 2.24) is 0 Å². The normalized spacial score (nSPS) is 12.3. The maximum Gasteiger partial charge on any atom is 0.339 e. The second kappa shape index (κ2) is 19.1. The van der Waals surface area contributed by atoms with Gasteiger partial charge in [0.2, 0.25) is 0 Å². The maximum absolute atomic E-state index is 15.5. The summed E-state index contributed by atoms with van der Waals surface area (Å²) in [6, 6.07) is 87.9. The molecule has 0 saturated carbocycles. The van der Waals surface area contributed by atoms with Gasteiger partial charge in [-0.25, -0.2) is 4.79 Å². The number of carbonyl (C=O) groups excluding carboxylic acids is 1. The lowest BCUT2D eigenvalue weighted by molar-refractivity contribution is -0.0105. The Morgan fingerprint density at radius 1 is 0.344 bits per heavy atom. The predicted molar refractivity (Wildman–Crippen MR) is 270 cm³/mol. The van der Waals surface area contributed by atoms with Crippen molar-refractivity contribution >= 4 is 75.2 Å². The zero-order chi connectivity index (χ0) is 43.1. The van der Waals surface area contributed by atoms with Crippen LogP contribution in [0.1, 0.15) is 33.7 Å². The largest absolute Gasteiger partial charge is 0.481 e. The van der Waals surface area contributed by atoms with Gasteiger partial charge in [-0.1, -0.05) is 243 Å². The third-order valence-electron chi connectivity index (χ3n) is 11.6. The van der Waals surface area contributed by atoms with Crippen molar-refractivity contribution in [3.63, 3.8) is 0 Å². The van der Waals surface area contributed by atoms with Crippen LogP contribution in [0, 0.1) is 0 Å². The van der Waals surface area contributed by atoms with E-state index in [1.54, 1.807) is 0 Å². The van der Waals surface area contributed by atoms with Gasteiger partial charge in [-0.2, -0.15) is 0 Å². The molecule has 2 atom stereocenters. The van der Waals surface area contributed by atoms with Crippen molar-refractivity contribution in [3.05, 3.63) is 271 Å². The van der Waals surface area contributed by atoms with Crippen LogP contribution in [0.3, 0.4) is 0 Å². The maximum atomic E-state index is 15.5. The van der Waals surface area contributed by atoms with E-state index in [0.29, 0.717) is 5.56 Å². The molecule has 0 spiro atoms. The summed E-state index contributed by atoms with van der Waals surface area (Å²) in [6.45, 7) is 0. The molecule has 0 aliphatic heterocycles. The fraction of sp³-hybridized carbons (Fsp3) is 0.0339. The van der Waals surface area contributed by atoms with Gasteiger partial charge in [0.05, 0.1) is 5.56 Å². The molecule has 0 N–H and O–H groups in total. The summed E-state index contributed by atoms with van der Waals surface area (Å²) >= 11 is 0. The van der Waals surface area contributed by atoms with Crippen LogP contribution in [0.4, 0.5) is 0 Å². The van der Waals surface area contributed by atoms with Crippen LogP contribution in [-0.2, 0) is 4.74 Å². The van der Waals surface area contributed by atoms with Gasteiger partial charge in [-0.05, 0) is 76.0 Å². The molecule has 3 nitrogen and oxygen atoms in total. The Kier molecular flexibility index (Phi) is 12.2. The van der Waals surface area contributed by atoms with Crippen molar-refractivity contribution < 1.29 is 14.3 Å². The zero-order valence-corrected chi connectivity index (χ0v) is 36.8. The number of hydrogen-bond acceptors (Lipinski definition) is 3. The summed E-state index contributed by atoms with van der Waals surface area (Å²) in [5, 5.41) is 10.9. The minimum atomic E-state index is -1.12. The summed E-state index contributed by atoms with van der Waals surface area (Å²) in [7, 11) is -2.16. The van der Waals surface area contributed by atoms with Crippen molar-refractivity contribution in [2.75, 3.05) is 0 Å². The number of ether oxygens (including phenoxy) is 2. The SMILES string of the molecule is O=C(O[C@H](c1cccc2ccccc12)[C@H](Oc1ccccc1P(c1ccccc1)c1ccccc1)c1cccc2ccccc12)c1ccccc1P(c1ccccc1)c1ccccc1. The van der Waals surface area contributed by atoms with Crippen LogP contribution < -0.4 is 36.6 Å². The standard InChI is InChI=1S/C59H44O3P2/c60-59(53-37-17-19-41-55(53)63(45-27-5-1-6-28-45)46-29-7-2-8-30-46)62-58(52-39-22-26-44-24-14-16-36-50(44)52)57(51-38-21-25-43-23-13-15-35-49(43)51)61-54-40-18-20-42-56(54)64(47-31-9-3-10-32-47)48-33-11-4-12-34-48/h1-42,57-58H/t57-,58-/m1/s1. The molecule has 10 aromatic carbocycles. The molecule has 0 fully saturated rings. The van der Waals surface area contributed by atoms with E-state index in [-0.39, 0.29) is 0 Å². The minimum absolute atomic E-state index is 0.411. The highest BCUT2D eigenvalue weighted by Gasteiger charge is 2.36. The number of fused-ring (bicyclic) bond motifs is 2. The lowest BCUT2D eigenvalue weighted by atomic mass is 9.91. The third kappa shape index (κ3) is 8.49. The Morgan fingerprint density at radius 2 is 0.719 bits per heavy atom. The number of carbonyl (C=O) groups is 1. The summed E-state index contributed by atoms with van der Waals surface area (Å²) in [6.07, 6.45) is -1.66. The van der Waals surface area contributed by atoms with E-state index >= 15 is 4.79 Å². The van der Waals surface area contributed by atoms with Gasteiger partial charge in [0.25, 0.3) is 0 Å². The molecule has 0 bridgehead atoms. The van der Waals surface area contributed by atoms with Gasteiger partial charge in [-0.15, -0.1) is 0 Å². The molecule has 0 unspecified atom stereocenters. The molecule has 0 aliphatic rings. The molecule has 0 saturated heterocycles. The number of rotatable bonds is 13. The first-order chi connectivity index (χ1) is 31.7. The van der Waals surface area contributed by atoms with Crippen molar-refractivity contribution in [1.29, 1.82) is 0 Å². The molecule has 0 radical (unpaired) electrons. The van der Waals surface area contributed by atoms with Gasteiger partial charge in [-0.3, -0.25) is 0 Å². The monoisotopic (exact) mass is 862 g/mol. The molecular weight excluding hydrogens is 819 g/mol.